The molecule has 1 aromatic heterocycles. The summed E-state index contributed by atoms with van der Waals surface area (Å²) in [6.45, 7) is 4.74. The molecule has 0 radical (unpaired) electrons. The predicted molar refractivity (Wildman–Crippen MR) is 68.2 cm³/mol. The van der Waals surface area contributed by atoms with Gasteiger partial charge in [0.25, 0.3) is 5.91 Å². The summed E-state index contributed by atoms with van der Waals surface area (Å²) in [4.78, 5) is 18.2. The van der Waals surface area contributed by atoms with Gasteiger partial charge in [0.1, 0.15) is 0 Å². The Morgan fingerprint density at radius 2 is 2.24 bits per heavy atom. The van der Waals surface area contributed by atoms with Gasteiger partial charge < -0.3 is 10.2 Å². The van der Waals surface area contributed by atoms with Crippen LogP contribution >= 0.6 is 0 Å². The fraction of sp³-hybridized carbons (Fsp3) is 0.538. The zero-order valence-electron chi connectivity index (χ0n) is 10.3. The minimum absolute atomic E-state index is 0.106. The molecule has 2 heterocycles. The fourth-order valence-corrected chi connectivity index (χ4v) is 2.07. The number of carbonyl (C=O) groups is 1. The van der Waals surface area contributed by atoms with E-state index in [0.717, 1.165) is 44.6 Å². The van der Waals surface area contributed by atoms with Crippen molar-refractivity contribution in [1.29, 1.82) is 0 Å². The number of likely N-dealkylation sites (tertiary alicyclic amines) is 1. The Hall–Kier alpha value is -1.58. The number of rotatable bonds is 4. The van der Waals surface area contributed by atoms with Gasteiger partial charge in [-0.3, -0.25) is 9.78 Å². The molecule has 17 heavy (non-hydrogen) atoms. The van der Waals surface area contributed by atoms with Crippen LogP contribution in [0.2, 0.25) is 0 Å². The van der Waals surface area contributed by atoms with Crippen molar-refractivity contribution in [3.8, 4) is 0 Å². The molecule has 4 nitrogen and oxygen atoms in total. The second-order valence-electron chi connectivity index (χ2n) is 4.35. The molecule has 92 valence electrons. The Balaban J connectivity index is 2.15. The maximum absolute atomic E-state index is 12.3. The molecule has 1 amide bonds. The monoisotopic (exact) mass is 233 g/mol. The van der Waals surface area contributed by atoms with E-state index in [1.165, 1.54) is 0 Å². The summed E-state index contributed by atoms with van der Waals surface area (Å²) in [5, 5.41) is 3.28. The third kappa shape index (κ3) is 2.75. The largest absolute Gasteiger partial charge is 0.384 e. The average molecular weight is 233 g/mol. The minimum Gasteiger partial charge on any atom is -0.384 e. The molecule has 1 N–H and O–H groups in total. The number of aromatic nitrogens is 1. The molecule has 0 unspecified atom stereocenters. The van der Waals surface area contributed by atoms with Gasteiger partial charge in [0, 0.05) is 32.0 Å². The lowest BCUT2D eigenvalue weighted by molar-refractivity contribution is 0.0793. The van der Waals surface area contributed by atoms with Crippen molar-refractivity contribution in [2.75, 3.05) is 25.0 Å². The third-order valence-electron chi connectivity index (χ3n) is 3.01. The van der Waals surface area contributed by atoms with E-state index >= 15 is 0 Å². The minimum atomic E-state index is 0.106. The van der Waals surface area contributed by atoms with Crippen LogP contribution < -0.4 is 5.32 Å². The van der Waals surface area contributed by atoms with Crippen molar-refractivity contribution < 1.29 is 4.79 Å². The predicted octanol–water partition coefficient (Wildman–Crippen LogP) is 2.14. The second-order valence-corrected chi connectivity index (χ2v) is 4.35. The summed E-state index contributed by atoms with van der Waals surface area (Å²) >= 11 is 0. The normalized spacial score (nSPS) is 15.0. The Labute approximate surface area is 102 Å². The molecule has 0 atom stereocenters. The molecule has 1 fully saturated rings. The summed E-state index contributed by atoms with van der Waals surface area (Å²) in [7, 11) is 0. The number of nitrogens with one attached hydrogen (secondary N) is 1. The van der Waals surface area contributed by atoms with Crippen LogP contribution in [0, 0.1) is 0 Å². The number of nitrogens with zero attached hydrogens (tertiary/aromatic N) is 2. The molecule has 4 heteroatoms. The van der Waals surface area contributed by atoms with Gasteiger partial charge in [-0.15, -0.1) is 0 Å². The molecule has 1 aromatic rings. The molecule has 2 rings (SSSR count). The lowest BCUT2D eigenvalue weighted by Gasteiger charge is -2.17. The van der Waals surface area contributed by atoms with Crippen LogP contribution in [0.1, 0.15) is 36.5 Å². The Kier molecular flexibility index (Phi) is 3.96. The topological polar surface area (TPSA) is 45.2 Å². The number of amides is 1. The van der Waals surface area contributed by atoms with Crippen LogP contribution in [-0.2, 0) is 0 Å². The van der Waals surface area contributed by atoms with Crippen LogP contribution in [0.15, 0.2) is 18.5 Å². The lowest BCUT2D eigenvalue weighted by atomic mass is 10.2. The molecular formula is C13H19N3O. The second kappa shape index (κ2) is 5.66. The van der Waals surface area contributed by atoms with Crippen molar-refractivity contribution in [2.45, 2.75) is 26.2 Å². The van der Waals surface area contributed by atoms with Crippen molar-refractivity contribution in [3.63, 3.8) is 0 Å². The van der Waals surface area contributed by atoms with Crippen molar-refractivity contribution in [1.82, 2.24) is 9.88 Å². The van der Waals surface area contributed by atoms with Gasteiger partial charge in [0.2, 0.25) is 0 Å². The summed E-state index contributed by atoms with van der Waals surface area (Å²) < 4.78 is 0. The first kappa shape index (κ1) is 11.9. The van der Waals surface area contributed by atoms with Crippen LogP contribution in [0.25, 0.3) is 0 Å². The lowest BCUT2D eigenvalue weighted by Crippen LogP contribution is -2.28. The van der Waals surface area contributed by atoms with E-state index in [1.54, 1.807) is 12.4 Å². The SMILES string of the molecule is CCCNc1ccncc1C(=O)N1CCCC1. The highest BCUT2D eigenvalue weighted by Gasteiger charge is 2.21. The first-order valence-electron chi connectivity index (χ1n) is 6.30. The van der Waals surface area contributed by atoms with Gasteiger partial charge in [0.15, 0.2) is 0 Å². The van der Waals surface area contributed by atoms with Gasteiger partial charge in [-0.1, -0.05) is 6.92 Å². The van der Waals surface area contributed by atoms with Gasteiger partial charge in [0.05, 0.1) is 11.3 Å². The fourth-order valence-electron chi connectivity index (χ4n) is 2.07. The smallest absolute Gasteiger partial charge is 0.257 e. The summed E-state index contributed by atoms with van der Waals surface area (Å²) in [5.41, 5.74) is 1.60. The standard InChI is InChI=1S/C13H19N3O/c1-2-6-15-12-5-7-14-10-11(12)13(17)16-8-3-4-9-16/h5,7,10H,2-4,6,8-9H2,1H3,(H,14,15). The number of pyridine rings is 1. The molecule has 1 aliphatic heterocycles. The summed E-state index contributed by atoms with van der Waals surface area (Å²) in [6.07, 6.45) is 6.66. The van der Waals surface area contributed by atoms with Crippen LogP contribution in [0.3, 0.4) is 0 Å². The molecule has 0 aromatic carbocycles. The molecule has 1 aliphatic rings. The van der Waals surface area contributed by atoms with Crippen LogP contribution in [-0.4, -0.2) is 35.4 Å². The van der Waals surface area contributed by atoms with Crippen molar-refractivity contribution in [2.24, 2.45) is 0 Å². The first-order chi connectivity index (χ1) is 8.33. The average Bonchev–Trinajstić information content (AvgIpc) is 2.89. The van der Waals surface area contributed by atoms with Crippen molar-refractivity contribution in [3.05, 3.63) is 24.0 Å². The van der Waals surface area contributed by atoms with E-state index in [9.17, 15) is 4.79 Å². The maximum atomic E-state index is 12.3. The molecule has 0 aliphatic carbocycles. The quantitative estimate of drug-likeness (QED) is 0.866. The molecular weight excluding hydrogens is 214 g/mol. The van der Waals surface area contributed by atoms with E-state index in [1.807, 2.05) is 11.0 Å². The van der Waals surface area contributed by atoms with Gasteiger partial charge in [-0.25, -0.2) is 0 Å². The number of carbonyl (C=O) groups excluding carboxylic acids is 1. The van der Waals surface area contributed by atoms with E-state index in [2.05, 4.69) is 17.2 Å². The Morgan fingerprint density at radius 1 is 1.47 bits per heavy atom. The van der Waals surface area contributed by atoms with Crippen molar-refractivity contribution >= 4 is 11.6 Å². The Morgan fingerprint density at radius 3 is 2.94 bits per heavy atom. The van der Waals surface area contributed by atoms with E-state index < -0.39 is 0 Å². The van der Waals surface area contributed by atoms with E-state index in [-0.39, 0.29) is 5.91 Å². The highest BCUT2D eigenvalue weighted by atomic mass is 16.2. The van der Waals surface area contributed by atoms with Gasteiger partial charge in [-0.05, 0) is 25.3 Å². The van der Waals surface area contributed by atoms with Gasteiger partial charge >= 0.3 is 0 Å². The molecule has 0 bridgehead atoms. The Bertz CT molecular complexity index is 386. The maximum Gasteiger partial charge on any atom is 0.257 e. The highest BCUT2D eigenvalue weighted by Crippen LogP contribution is 2.18. The number of hydrogen-bond acceptors (Lipinski definition) is 3. The molecule has 0 spiro atoms. The van der Waals surface area contributed by atoms with Crippen LogP contribution in [0.5, 0.6) is 0 Å². The highest BCUT2D eigenvalue weighted by molar-refractivity contribution is 5.99. The van der Waals surface area contributed by atoms with E-state index in [0.29, 0.717) is 5.56 Å². The van der Waals surface area contributed by atoms with Crippen LogP contribution in [0.4, 0.5) is 5.69 Å². The third-order valence-corrected chi connectivity index (χ3v) is 3.01. The van der Waals surface area contributed by atoms with E-state index in [4.69, 9.17) is 0 Å². The summed E-state index contributed by atoms with van der Waals surface area (Å²) in [5.74, 6) is 0.106. The molecule has 0 saturated carbocycles. The zero-order chi connectivity index (χ0) is 12.1. The number of hydrogen-bond donors (Lipinski definition) is 1. The zero-order valence-corrected chi connectivity index (χ0v) is 10.3. The number of anilines is 1. The molecule has 1 saturated heterocycles. The van der Waals surface area contributed by atoms with Gasteiger partial charge in [-0.2, -0.15) is 0 Å². The summed E-state index contributed by atoms with van der Waals surface area (Å²) in [6, 6.07) is 1.87. The first-order valence-corrected chi connectivity index (χ1v) is 6.30.